The van der Waals surface area contributed by atoms with E-state index in [-0.39, 0.29) is 17.9 Å². The number of hydrogen-bond acceptors (Lipinski definition) is 3. The summed E-state index contributed by atoms with van der Waals surface area (Å²) in [6.45, 7) is 1.95. The number of aryl methyl sites for hydroxylation is 1. The molecule has 2 aromatic heterocycles. The summed E-state index contributed by atoms with van der Waals surface area (Å²) in [4.78, 5) is 16.9. The molecule has 0 aromatic carbocycles. The van der Waals surface area contributed by atoms with Crippen molar-refractivity contribution >= 4 is 21.8 Å². The molecule has 0 aliphatic heterocycles. The number of pyridine rings is 1. The molecule has 0 saturated carbocycles. The summed E-state index contributed by atoms with van der Waals surface area (Å²) in [7, 11) is 0. The zero-order valence-corrected chi connectivity index (χ0v) is 13.4. The van der Waals surface area contributed by atoms with Crippen LogP contribution < -0.4 is 5.32 Å². The molecule has 2 unspecified atom stereocenters. The fourth-order valence-electron chi connectivity index (χ4n) is 2.76. The van der Waals surface area contributed by atoms with Crippen molar-refractivity contribution in [2.45, 2.75) is 38.1 Å². The van der Waals surface area contributed by atoms with Crippen LogP contribution in [0.4, 0.5) is 0 Å². The number of carbonyl (C=O) groups excluding carboxylic acids is 1. The molecule has 0 saturated heterocycles. The third kappa shape index (κ3) is 3.00. The van der Waals surface area contributed by atoms with Crippen molar-refractivity contribution in [3.8, 4) is 0 Å². The first kappa shape index (κ1) is 14.3. The van der Waals surface area contributed by atoms with Crippen LogP contribution in [-0.4, -0.2) is 21.1 Å². The predicted octanol–water partition coefficient (Wildman–Crippen LogP) is 2.86. The normalized spacial score (nSPS) is 18.9. The molecule has 1 amide bonds. The number of nitrogens with one attached hydrogen (secondary N) is 2. The molecule has 0 bridgehead atoms. The van der Waals surface area contributed by atoms with E-state index in [4.69, 9.17) is 0 Å². The van der Waals surface area contributed by atoms with Gasteiger partial charge in [0.25, 0.3) is 0 Å². The van der Waals surface area contributed by atoms with E-state index in [1.807, 2.05) is 19.1 Å². The second-order valence-electron chi connectivity index (χ2n) is 5.38. The average Bonchev–Trinajstić information content (AvgIpc) is 2.96. The molecule has 1 aliphatic carbocycles. The van der Waals surface area contributed by atoms with Crippen molar-refractivity contribution in [3.63, 3.8) is 0 Å². The number of aromatic amines is 1. The molecule has 0 radical (unpaired) electrons. The van der Waals surface area contributed by atoms with Crippen LogP contribution in [0.3, 0.4) is 0 Å². The van der Waals surface area contributed by atoms with Gasteiger partial charge < -0.3 is 5.32 Å². The van der Waals surface area contributed by atoms with E-state index in [1.54, 1.807) is 12.4 Å². The summed E-state index contributed by atoms with van der Waals surface area (Å²) >= 11 is 3.36. The lowest BCUT2D eigenvalue weighted by atomic mass is 9.86. The fourth-order valence-corrected chi connectivity index (χ4v) is 3.00. The van der Waals surface area contributed by atoms with E-state index < -0.39 is 0 Å². The van der Waals surface area contributed by atoms with Crippen molar-refractivity contribution in [1.82, 2.24) is 20.5 Å². The quantitative estimate of drug-likeness (QED) is 0.895. The standard InChI is InChI=1S/C15H17BrN4O/c1-9(13-6-5-10(16)7-17-13)19-15(21)11-3-2-4-14-12(11)8-18-20-14/h5-9,11H,2-4H2,1H3,(H,18,20)(H,19,21). The maximum absolute atomic E-state index is 12.5. The maximum Gasteiger partial charge on any atom is 0.228 e. The Morgan fingerprint density at radius 2 is 2.33 bits per heavy atom. The molecule has 2 aromatic rings. The highest BCUT2D eigenvalue weighted by molar-refractivity contribution is 9.10. The van der Waals surface area contributed by atoms with E-state index in [0.717, 1.165) is 40.7 Å². The summed E-state index contributed by atoms with van der Waals surface area (Å²) in [5.74, 6) is -0.0556. The first-order chi connectivity index (χ1) is 10.1. The number of H-pyrrole nitrogens is 1. The molecule has 2 N–H and O–H groups in total. The van der Waals surface area contributed by atoms with Crippen molar-refractivity contribution < 1.29 is 4.79 Å². The molecule has 0 fully saturated rings. The lowest BCUT2D eigenvalue weighted by molar-refractivity contribution is -0.123. The summed E-state index contributed by atoms with van der Waals surface area (Å²) in [5.41, 5.74) is 2.99. The highest BCUT2D eigenvalue weighted by Gasteiger charge is 2.28. The van der Waals surface area contributed by atoms with Crippen molar-refractivity contribution in [2.75, 3.05) is 0 Å². The fraction of sp³-hybridized carbons (Fsp3) is 0.400. The Balaban J connectivity index is 1.71. The molecule has 3 rings (SSSR count). The molecule has 21 heavy (non-hydrogen) atoms. The molecule has 6 heteroatoms. The third-order valence-corrected chi connectivity index (χ3v) is 4.38. The van der Waals surface area contributed by atoms with Crippen molar-refractivity contribution in [3.05, 3.63) is 46.0 Å². The van der Waals surface area contributed by atoms with Gasteiger partial charge in [-0.05, 0) is 54.2 Å². The summed E-state index contributed by atoms with van der Waals surface area (Å²) in [6.07, 6.45) is 6.38. The number of fused-ring (bicyclic) bond motifs is 1. The zero-order chi connectivity index (χ0) is 14.8. The van der Waals surface area contributed by atoms with Gasteiger partial charge in [0.15, 0.2) is 0 Å². The average molecular weight is 349 g/mol. The first-order valence-corrected chi connectivity index (χ1v) is 7.88. The molecule has 2 atom stereocenters. The Bertz CT molecular complexity index is 637. The van der Waals surface area contributed by atoms with E-state index >= 15 is 0 Å². The maximum atomic E-state index is 12.5. The SMILES string of the molecule is CC(NC(=O)C1CCCc2[nH]ncc21)c1ccc(Br)cn1. The van der Waals surface area contributed by atoms with Crippen LogP contribution in [0.25, 0.3) is 0 Å². The third-order valence-electron chi connectivity index (χ3n) is 3.92. The Hall–Kier alpha value is -1.69. The zero-order valence-electron chi connectivity index (χ0n) is 11.8. The number of aromatic nitrogens is 3. The Kier molecular flexibility index (Phi) is 4.05. The highest BCUT2D eigenvalue weighted by Crippen LogP contribution is 2.30. The van der Waals surface area contributed by atoms with Gasteiger partial charge in [-0.3, -0.25) is 14.9 Å². The summed E-state index contributed by atoms with van der Waals surface area (Å²) in [6, 6.07) is 3.74. The van der Waals surface area contributed by atoms with Crippen LogP contribution >= 0.6 is 15.9 Å². The number of nitrogens with zero attached hydrogens (tertiary/aromatic N) is 2. The molecular weight excluding hydrogens is 332 g/mol. The van der Waals surface area contributed by atoms with Gasteiger partial charge in [0.1, 0.15) is 0 Å². The highest BCUT2D eigenvalue weighted by atomic mass is 79.9. The second kappa shape index (κ2) is 5.97. The van der Waals surface area contributed by atoms with Crippen LogP contribution in [0.15, 0.2) is 29.0 Å². The van der Waals surface area contributed by atoms with E-state index in [2.05, 4.69) is 36.4 Å². The van der Waals surface area contributed by atoms with Gasteiger partial charge in [0.2, 0.25) is 5.91 Å². The number of rotatable bonds is 3. The smallest absolute Gasteiger partial charge is 0.228 e. The van der Waals surface area contributed by atoms with Gasteiger partial charge in [-0.2, -0.15) is 5.10 Å². The minimum atomic E-state index is -0.108. The molecule has 2 heterocycles. The minimum absolute atomic E-state index is 0.0505. The Labute approximate surface area is 131 Å². The van der Waals surface area contributed by atoms with E-state index in [0.29, 0.717) is 0 Å². The van der Waals surface area contributed by atoms with Crippen LogP contribution in [0, 0.1) is 0 Å². The Morgan fingerprint density at radius 3 is 3.10 bits per heavy atom. The van der Waals surface area contributed by atoms with Crippen molar-refractivity contribution in [2.24, 2.45) is 0 Å². The molecule has 1 aliphatic rings. The molecule has 110 valence electrons. The summed E-state index contributed by atoms with van der Waals surface area (Å²) < 4.78 is 0.931. The van der Waals surface area contributed by atoms with Crippen LogP contribution in [0.1, 0.15) is 48.7 Å². The predicted molar refractivity (Wildman–Crippen MR) is 82.8 cm³/mol. The van der Waals surface area contributed by atoms with Gasteiger partial charge in [-0.1, -0.05) is 0 Å². The first-order valence-electron chi connectivity index (χ1n) is 7.09. The number of hydrogen-bond donors (Lipinski definition) is 2. The van der Waals surface area contributed by atoms with Crippen LogP contribution in [-0.2, 0) is 11.2 Å². The lowest BCUT2D eigenvalue weighted by Crippen LogP contribution is -2.33. The topological polar surface area (TPSA) is 70.7 Å². The van der Waals surface area contributed by atoms with Gasteiger partial charge in [-0.15, -0.1) is 0 Å². The summed E-state index contributed by atoms with van der Waals surface area (Å²) in [5, 5.41) is 10.1. The Morgan fingerprint density at radius 1 is 1.48 bits per heavy atom. The molecule has 0 spiro atoms. The number of amides is 1. The van der Waals surface area contributed by atoms with Gasteiger partial charge >= 0.3 is 0 Å². The van der Waals surface area contributed by atoms with Gasteiger partial charge in [0, 0.05) is 21.9 Å². The molecule has 5 nitrogen and oxygen atoms in total. The van der Waals surface area contributed by atoms with Crippen LogP contribution in [0.5, 0.6) is 0 Å². The van der Waals surface area contributed by atoms with Gasteiger partial charge in [0.05, 0.1) is 23.9 Å². The van der Waals surface area contributed by atoms with Crippen molar-refractivity contribution in [1.29, 1.82) is 0 Å². The van der Waals surface area contributed by atoms with Crippen LogP contribution in [0.2, 0.25) is 0 Å². The second-order valence-corrected chi connectivity index (χ2v) is 6.30. The molecular formula is C15H17BrN4O. The minimum Gasteiger partial charge on any atom is -0.347 e. The monoisotopic (exact) mass is 348 g/mol. The largest absolute Gasteiger partial charge is 0.347 e. The van der Waals surface area contributed by atoms with E-state index in [1.165, 1.54) is 0 Å². The lowest BCUT2D eigenvalue weighted by Gasteiger charge is -2.23. The van der Waals surface area contributed by atoms with E-state index in [9.17, 15) is 4.79 Å². The van der Waals surface area contributed by atoms with Gasteiger partial charge in [-0.25, -0.2) is 0 Å². The number of carbonyl (C=O) groups is 1. The number of halogens is 1.